The van der Waals surface area contributed by atoms with Gasteiger partial charge in [-0.25, -0.2) is 4.98 Å². The number of aryl methyl sites for hydroxylation is 1. The molecule has 2 heterocycles. The number of thiazole rings is 1. The van der Waals surface area contributed by atoms with E-state index < -0.39 is 0 Å². The number of anilines is 1. The summed E-state index contributed by atoms with van der Waals surface area (Å²) in [7, 11) is 1.65. The van der Waals surface area contributed by atoms with Crippen LogP contribution in [-0.4, -0.2) is 27.8 Å². The molecule has 0 bridgehead atoms. The number of methoxy groups -OCH3 is 1. The van der Waals surface area contributed by atoms with E-state index in [1.165, 1.54) is 24.2 Å². The summed E-state index contributed by atoms with van der Waals surface area (Å²) in [6, 6.07) is 9.70. The molecule has 0 radical (unpaired) electrons. The van der Waals surface area contributed by atoms with Gasteiger partial charge in [-0.3, -0.25) is 4.79 Å². The highest BCUT2D eigenvalue weighted by atomic mass is 32.1. The van der Waals surface area contributed by atoms with Crippen molar-refractivity contribution in [3.63, 3.8) is 0 Å². The summed E-state index contributed by atoms with van der Waals surface area (Å²) >= 11 is 1.50. The molecule has 3 aromatic rings. The van der Waals surface area contributed by atoms with Gasteiger partial charge in [0, 0.05) is 23.4 Å². The van der Waals surface area contributed by atoms with Crippen molar-refractivity contribution in [2.45, 2.75) is 39.0 Å². The third-order valence-electron chi connectivity index (χ3n) is 5.09. The van der Waals surface area contributed by atoms with E-state index in [-0.39, 0.29) is 5.91 Å². The Balaban J connectivity index is 1.54. The Morgan fingerprint density at radius 2 is 2.14 bits per heavy atom. The first-order valence-corrected chi connectivity index (χ1v) is 10.5. The summed E-state index contributed by atoms with van der Waals surface area (Å²) in [5.74, 6) is 2.03. The fourth-order valence-electron chi connectivity index (χ4n) is 3.68. The largest absolute Gasteiger partial charge is 0.497 e. The Bertz CT molecular complexity index is 972. The molecule has 146 valence electrons. The summed E-state index contributed by atoms with van der Waals surface area (Å²) in [4.78, 5) is 17.2. The Labute approximate surface area is 168 Å². The quantitative estimate of drug-likeness (QED) is 0.648. The van der Waals surface area contributed by atoms with Gasteiger partial charge >= 0.3 is 0 Å². The number of hydrogen-bond acceptors (Lipinski definition) is 5. The van der Waals surface area contributed by atoms with Gasteiger partial charge in [-0.15, -0.1) is 11.3 Å². The summed E-state index contributed by atoms with van der Waals surface area (Å²) < 4.78 is 7.02. The molecule has 1 aromatic carbocycles. The number of hydrogen-bond donors (Lipinski definition) is 1. The van der Waals surface area contributed by atoms with Crippen LogP contribution in [0, 0.1) is 12.8 Å². The molecule has 0 spiro atoms. The molecule has 0 saturated heterocycles. The molecule has 2 aromatic heterocycles. The molecule has 1 aliphatic rings. The number of carbonyl (C=O) groups is 1. The first kappa shape index (κ1) is 18.7. The van der Waals surface area contributed by atoms with Crippen molar-refractivity contribution in [3.8, 4) is 22.1 Å². The zero-order valence-electron chi connectivity index (χ0n) is 16.1. The summed E-state index contributed by atoms with van der Waals surface area (Å²) in [6.45, 7) is 1.92. The number of ether oxygens (including phenoxy) is 1. The summed E-state index contributed by atoms with van der Waals surface area (Å²) in [6.07, 6.45) is 5.36. The lowest BCUT2D eigenvalue weighted by Gasteiger charge is -2.10. The second-order valence-electron chi connectivity index (χ2n) is 7.23. The van der Waals surface area contributed by atoms with Crippen LogP contribution in [0.15, 0.2) is 35.7 Å². The maximum atomic E-state index is 12.5. The number of rotatable bonds is 6. The maximum absolute atomic E-state index is 12.5. The van der Waals surface area contributed by atoms with Gasteiger partial charge in [0.1, 0.15) is 11.6 Å². The van der Waals surface area contributed by atoms with Crippen molar-refractivity contribution in [2.75, 3.05) is 12.4 Å². The highest BCUT2D eigenvalue weighted by Crippen LogP contribution is 2.30. The zero-order chi connectivity index (χ0) is 19.5. The van der Waals surface area contributed by atoms with Crippen LogP contribution in [0.2, 0.25) is 0 Å². The molecule has 1 saturated carbocycles. The van der Waals surface area contributed by atoms with Crippen molar-refractivity contribution < 1.29 is 9.53 Å². The van der Waals surface area contributed by atoms with Crippen molar-refractivity contribution in [1.29, 1.82) is 0 Å². The number of benzene rings is 1. The zero-order valence-corrected chi connectivity index (χ0v) is 17.0. The molecule has 1 fully saturated rings. The van der Waals surface area contributed by atoms with E-state index in [2.05, 4.69) is 10.4 Å². The molecule has 6 nitrogen and oxygen atoms in total. The number of nitrogens with one attached hydrogen (secondary N) is 1. The number of nitrogens with zero attached hydrogens (tertiary/aromatic N) is 3. The third-order valence-corrected chi connectivity index (χ3v) is 5.90. The van der Waals surface area contributed by atoms with E-state index in [1.807, 2.05) is 42.6 Å². The van der Waals surface area contributed by atoms with E-state index >= 15 is 0 Å². The molecule has 7 heteroatoms. The van der Waals surface area contributed by atoms with Crippen molar-refractivity contribution in [3.05, 3.63) is 41.4 Å². The summed E-state index contributed by atoms with van der Waals surface area (Å²) in [5.41, 5.74) is 2.68. The Hall–Kier alpha value is -2.67. The molecule has 0 atom stereocenters. The minimum atomic E-state index is 0.0534. The van der Waals surface area contributed by atoms with Gasteiger partial charge in [0.2, 0.25) is 11.0 Å². The predicted molar refractivity (Wildman–Crippen MR) is 111 cm³/mol. The first-order valence-electron chi connectivity index (χ1n) is 9.59. The van der Waals surface area contributed by atoms with Crippen LogP contribution in [0.4, 0.5) is 5.82 Å². The monoisotopic (exact) mass is 396 g/mol. The SMILES string of the molecule is COc1cccc(-c2csc(-n3nc(C)cc3NC(=O)CC3CCCC3)n2)c1. The van der Waals surface area contributed by atoms with Gasteiger partial charge in [-0.1, -0.05) is 25.0 Å². The molecule has 28 heavy (non-hydrogen) atoms. The second-order valence-corrected chi connectivity index (χ2v) is 8.07. The second kappa shape index (κ2) is 8.14. The molecular weight excluding hydrogens is 372 g/mol. The van der Waals surface area contributed by atoms with E-state index in [1.54, 1.807) is 11.8 Å². The number of amides is 1. The number of aromatic nitrogens is 3. The molecule has 0 aliphatic heterocycles. The van der Waals surface area contributed by atoms with Gasteiger partial charge < -0.3 is 10.1 Å². The van der Waals surface area contributed by atoms with Gasteiger partial charge in [0.15, 0.2) is 0 Å². The predicted octanol–water partition coefficient (Wildman–Crippen LogP) is 4.83. The van der Waals surface area contributed by atoms with Crippen LogP contribution in [0.1, 0.15) is 37.8 Å². The van der Waals surface area contributed by atoms with E-state index in [9.17, 15) is 4.79 Å². The Morgan fingerprint density at radius 1 is 1.32 bits per heavy atom. The third kappa shape index (κ3) is 4.09. The van der Waals surface area contributed by atoms with Gasteiger partial charge in [-0.05, 0) is 37.8 Å². The van der Waals surface area contributed by atoms with Gasteiger partial charge in [0.05, 0.1) is 18.5 Å². The fourth-order valence-corrected chi connectivity index (χ4v) is 4.48. The fraction of sp³-hybridized carbons (Fsp3) is 0.381. The van der Waals surface area contributed by atoms with Crippen LogP contribution in [-0.2, 0) is 4.79 Å². The van der Waals surface area contributed by atoms with E-state index in [0.717, 1.165) is 40.7 Å². The minimum absolute atomic E-state index is 0.0534. The molecule has 1 amide bonds. The van der Waals surface area contributed by atoms with Crippen LogP contribution < -0.4 is 10.1 Å². The lowest BCUT2D eigenvalue weighted by molar-refractivity contribution is -0.117. The lowest BCUT2D eigenvalue weighted by atomic mass is 10.0. The number of carbonyl (C=O) groups excluding carboxylic acids is 1. The van der Waals surface area contributed by atoms with Crippen molar-refractivity contribution in [1.82, 2.24) is 14.8 Å². The van der Waals surface area contributed by atoms with Crippen LogP contribution in [0.25, 0.3) is 16.4 Å². The molecule has 1 aliphatic carbocycles. The smallest absolute Gasteiger partial charge is 0.225 e. The van der Waals surface area contributed by atoms with E-state index in [0.29, 0.717) is 18.2 Å². The average Bonchev–Trinajstić information content (AvgIpc) is 3.43. The van der Waals surface area contributed by atoms with Gasteiger partial charge in [-0.2, -0.15) is 9.78 Å². The standard InChI is InChI=1S/C21H24N4O2S/c1-14-10-19(23-20(26)11-15-6-3-4-7-15)25(24-14)21-22-18(13-28-21)16-8-5-9-17(12-16)27-2/h5,8-10,12-13,15H,3-4,6-7,11H2,1-2H3,(H,23,26). The van der Waals surface area contributed by atoms with E-state index in [4.69, 9.17) is 9.72 Å². The van der Waals surface area contributed by atoms with Crippen LogP contribution in [0.5, 0.6) is 5.75 Å². The molecule has 4 rings (SSSR count). The molecular formula is C21H24N4O2S. The maximum Gasteiger partial charge on any atom is 0.225 e. The van der Waals surface area contributed by atoms with Gasteiger partial charge in [0.25, 0.3) is 0 Å². The van der Waals surface area contributed by atoms with Crippen LogP contribution in [0.3, 0.4) is 0 Å². The molecule has 1 N–H and O–H groups in total. The lowest BCUT2D eigenvalue weighted by Crippen LogP contribution is -2.17. The molecule has 0 unspecified atom stereocenters. The topological polar surface area (TPSA) is 69.0 Å². The Kier molecular flexibility index (Phi) is 5.43. The van der Waals surface area contributed by atoms with Crippen molar-refractivity contribution in [2.24, 2.45) is 5.92 Å². The Morgan fingerprint density at radius 3 is 2.93 bits per heavy atom. The minimum Gasteiger partial charge on any atom is -0.497 e. The summed E-state index contributed by atoms with van der Waals surface area (Å²) in [5, 5.41) is 10.3. The first-order chi connectivity index (χ1) is 13.6. The average molecular weight is 397 g/mol. The highest BCUT2D eigenvalue weighted by Gasteiger charge is 2.20. The van der Waals surface area contributed by atoms with Crippen LogP contribution >= 0.6 is 11.3 Å². The highest BCUT2D eigenvalue weighted by molar-refractivity contribution is 7.12. The van der Waals surface area contributed by atoms with Crippen molar-refractivity contribution >= 4 is 23.1 Å². The normalized spacial score (nSPS) is 14.4.